The molecule has 0 unspecified atom stereocenters. The van der Waals surface area contributed by atoms with E-state index in [4.69, 9.17) is 0 Å². The Morgan fingerprint density at radius 1 is 1.33 bits per heavy atom. The Morgan fingerprint density at radius 2 is 2.21 bits per heavy atom. The van der Waals surface area contributed by atoms with Crippen molar-refractivity contribution in [2.75, 3.05) is 0 Å². The average Bonchev–Trinajstić information content (AvgIpc) is 2.94. The molecule has 4 rings (SSSR count). The second-order valence-electron chi connectivity index (χ2n) is 5.47. The second-order valence-corrected chi connectivity index (χ2v) is 6.46. The first-order valence-electron chi connectivity index (χ1n) is 7.36. The van der Waals surface area contributed by atoms with Gasteiger partial charge in [0.15, 0.2) is 0 Å². The Morgan fingerprint density at radius 3 is 3.00 bits per heavy atom. The van der Waals surface area contributed by atoms with Crippen LogP contribution in [0.5, 0.6) is 0 Å². The highest BCUT2D eigenvalue weighted by Crippen LogP contribution is 2.31. The number of aryl methyl sites for hydroxylation is 2. The van der Waals surface area contributed by atoms with Gasteiger partial charge in [-0.05, 0) is 31.5 Å². The summed E-state index contributed by atoms with van der Waals surface area (Å²) in [4.78, 5) is 26.5. The van der Waals surface area contributed by atoms with Gasteiger partial charge in [0.25, 0.3) is 5.56 Å². The van der Waals surface area contributed by atoms with Gasteiger partial charge in [-0.15, -0.1) is 11.3 Å². The summed E-state index contributed by atoms with van der Waals surface area (Å²) in [6, 6.07) is 5.68. The molecule has 0 N–H and O–H groups in total. The van der Waals surface area contributed by atoms with Crippen LogP contribution in [0.3, 0.4) is 0 Å². The summed E-state index contributed by atoms with van der Waals surface area (Å²) < 4.78 is 1.81. The van der Waals surface area contributed by atoms with E-state index in [-0.39, 0.29) is 5.56 Å². The largest absolute Gasteiger partial charge is 0.291 e. The highest BCUT2D eigenvalue weighted by molar-refractivity contribution is 7.25. The predicted molar refractivity (Wildman–Crippen MR) is 95.9 cm³/mol. The number of hydrogen-bond donors (Lipinski definition) is 0. The summed E-state index contributed by atoms with van der Waals surface area (Å²) in [5, 5.41) is 5.14. The summed E-state index contributed by atoms with van der Waals surface area (Å²) in [5.74, 6) is 0. The van der Waals surface area contributed by atoms with Crippen molar-refractivity contribution in [3.8, 4) is 0 Å². The molecule has 0 spiro atoms. The van der Waals surface area contributed by atoms with Gasteiger partial charge >= 0.3 is 0 Å². The molecule has 4 heterocycles. The molecule has 0 aliphatic rings. The zero-order valence-corrected chi connectivity index (χ0v) is 13.9. The van der Waals surface area contributed by atoms with E-state index in [1.807, 2.05) is 32.0 Å². The number of pyridine rings is 2. The minimum Gasteiger partial charge on any atom is -0.266 e. The molecule has 0 aliphatic carbocycles. The highest BCUT2D eigenvalue weighted by atomic mass is 32.1. The second kappa shape index (κ2) is 5.61. The van der Waals surface area contributed by atoms with Crippen molar-refractivity contribution in [3.05, 3.63) is 64.1 Å². The summed E-state index contributed by atoms with van der Waals surface area (Å²) in [5.41, 5.74) is 3.32. The molecule has 7 heteroatoms. The Labute approximate surface area is 141 Å². The zero-order chi connectivity index (χ0) is 16.7. The van der Waals surface area contributed by atoms with Crippen LogP contribution in [-0.2, 0) is 0 Å². The van der Waals surface area contributed by atoms with E-state index in [0.717, 1.165) is 27.0 Å². The SMILES string of the molecule is Cc1cc(C)c2c(n1)sc1c(=O)n(/N=C/c3cccnc3)cnc12. The lowest BCUT2D eigenvalue weighted by molar-refractivity contribution is 0.819. The van der Waals surface area contributed by atoms with E-state index in [2.05, 4.69) is 20.1 Å². The fraction of sp³-hybridized carbons (Fsp3) is 0.118. The maximum atomic E-state index is 12.7. The number of rotatable bonds is 2. The quantitative estimate of drug-likeness (QED) is 0.528. The van der Waals surface area contributed by atoms with Gasteiger partial charge in [-0.25, -0.2) is 9.97 Å². The first kappa shape index (κ1) is 14.6. The van der Waals surface area contributed by atoms with E-state index in [9.17, 15) is 4.79 Å². The van der Waals surface area contributed by atoms with Crippen LogP contribution >= 0.6 is 11.3 Å². The van der Waals surface area contributed by atoms with Gasteiger partial charge in [0.2, 0.25) is 0 Å². The molecule has 118 valence electrons. The molecule has 0 aromatic carbocycles. The van der Waals surface area contributed by atoms with Crippen LogP contribution in [0.1, 0.15) is 16.8 Å². The van der Waals surface area contributed by atoms with Crippen LogP contribution in [0.4, 0.5) is 0 Å². The Balaban J connectivity index is 1.90. The number of fused-ring (bicyclic) bond motifs is 3. The molecule has 0 fully saturated rings. The van der Waals surface area contributed by atoms with Crippen molar-refractivity contribution in [2.24, 2.45) is 5.10 Å². The van der Waals surface area contributed by atoms with Gasteiger partial charge in [0.05, 0.1) is 11.7 Å². The Kier molecular flexibility index (Phi) is 3.42. The lowest BCUT2D eigenvalue weighted by atomic mass is 10.1. The third kappa shape index (κ3) is 2.39. The maximum absolute atomic E-state index is 12.7. The summed E-state index contributed by atoms with van der Waals surface area (Å²) in [6.07, 6.45) is 6.40. The third-order valence-electron chi connectivity index (χ3n) is 3.68. The van der Waals surface area contributed by atoms with Gasteiger partial charge in [-0.1, -0.05) is 6.07 Å². The van der Waals surface area contributed by atoms with Gasteiger partial charge in [0, 0.05) is 29.0 Å². The Hall–Kier alpha value is -2.93. The fourth-order valence-electron chi connectivity index (χ4n) is 2.62. The van der Waals surface area contributed by atoms with E-state index in [1.54, 1.807) is 18.6 Å². The number of aromatic nitrogens is 4. The molecule has 6 nitrogen and oxygen atoms in total. The van der Waals surface area contributed by atoms with Crippen LogP contribution < -0.4 is 5.56 Å². The lowest BCUT2D eigenvalue weighted by Crippen LogP contribution is -2.15. The zero-order valence-electron chi connectivity index (χ0n) is 13.1. The Bertz CT molecular complexity index is 1140. The van der Waals surface area contributed by atoms with E-state index >= 15 is 0 Å². The topological polar surface area (TPSA) is 73.0 Å². The summed E-state index contributed by atoms with van der Waals surface area (Å²) in [7, 11) is 0. The van der Waals surface area contributed by atoms with Crippen LogP contribution in [0.25, 0.3) is 20.4 Å². The van der Waals surface area contributed by atoms with Crippen molar-refractivity contribution >= 4 is 38.0 Å². The van der Waals surface area contributed by atoms with Crippen LogP contribution in [0, 0.1) is 13.8 Å². The number of thiophene rings is 1. The van der Waals surface area contributed by atoms with Gasteiger partial charge in [-0.2, -0.15) is 9.78 Å². The van der Waals surface area contributed by atoms with Gasteiger partial charge in [0.1, 0.15) is 15.9 Å². The van der Waals surface area contributed by atoms with Crippen molar-refractivity contribution in [1.29, 1.82) is 0 Å². The highest BCUT2D eigenvalue weighted by Gasteiger charge is 2.14. The average molecular weight is 335 g/mol. The smallest absolute Gasteiger partial charge is 0.266 e. The lowest BCUT2D eigenvalue weighted by Gasteiger charge is -1.99. The standard InChI is InChI=1S/C17H13N5OS/c1-10-6-11(2)21-16-13(10)14-15(24-16)17(23)22(9-19-14)20-8-12-4-3-5-18-7-12/h3-9H,1-2H3/b20-8+. The summed E-state index contributed by atoms with van der Waals surface area (Å²) in [6.45, 7) is 3.96. The molecule has 0 saturated carbocycles. The normalized spacial score (nSPS) is 11.8. The number of nitrogens with zero attached hydrogens (tertiary/aromatic N) is 5. The minimum atomic E-state index is -0.194. The van der Waals surface area contributed by atoms with Crippen molar-refractivity contribution < 1.29 is 0 Å². The number of hydrogen-bond acceptors (Lipinski definition) is 6. The predicted octanol–water partition coefficient (Wildman–Crippen LogP) is 2.90. The first-order valence-corrected chi connectivity index (χ1v) is 8.17. The van der Waals surface area contributed by atoms with E-state index in [1.165, 1.54) is 22.3 Å². The molecule has 0 radical (unpaired) electrons. The molecule has 4 aromatic rings. The maximum Gasteiger partial charge on any atom is 0.291 e. The molecule has 0 amide bonds. The molecular weight excluding hydrogens is 322 g/mol. The summed E-state index contributed by atoms with van der Waals surface area (Å²) >= 11 is 1.36. The van der Waals surface area contributed by atoms with Crippen LogP contribution in [0.2, 0.25) is 0 Å². The molecule has 0 bridgehead atoms. The van der Waals surface area contributed by atoms with E-state index < -0.39 is 0 Å². The molecule has 0 atom stereocenters. The minimum absolute atomic E-state index is 0.194. The third-order valence-corrected chi connectivity index (χ3v) is 4.74. The van der Waals surface area contributed by atoms with Crippen LogP contribution in [-0.4, -0.2) is 25.8 Å². The van der Waals surface area contributed by atoms with Crippen molar-refractivity contribution in [2.45, 2.75) is 13.8 Å². The fourth-order valence-corrected chi connectivity index (χ4v) is 3.80. The first-order chi connectivity index (χ1) is 11.6. The van der Waals surface area contributed by atoms with Crippen LogP contribution in [0.15, 0.2) is 46.8 Å². The van der Waals surface area contributed by atoms with Crippen molar-refractivity contribution in [1.82, 2.24) is 19.6 Å². The van der Waals surface area contributed by atoms with Gasteiger partial charge in [-0.3, -0.25) is 9.78 Å². The molecule has 0 saturated heterocycles. The molecule has 24 heavy (non-hydrogen) atoms. The molecule has 4 aromatic heterocycles. The molecule has 0 aliphatic heterocycles. The van der Waals surface area contributed by atoms with Crippen molar-refractivity contribution in [3.63, 3.8) is 0 Å². The molecular formula is C17H13N5OS. The monoisotopic (exact) mass is 335 g/mol. The van der Waals surface area contributed by atoms with E-state index in [0.29, 0.717) is 10.2 Å². The van der Waals surface area contributed by atoms with Gasteiger partial charge < -0.3 is 0 Å².